The number of hydrogen-bond donors (Lipinski definition) is 3. The van der Waals surface area contributed by atoms with Crippen LogP contribution in [-0.2, 0) is 0 Å². The molecule has 1 aliphatic carbocycles. The number of hydrogen-bond acceptors (Lipinski definition) is 4. The highest BCUT2D eigenvalue weighted by Gasteiger charge is 2.21. The molecular formula is C9H19N3O. The van der Waals surface area contributed by atoms with Crippen LogP contribution in [0.3, 0.4) is 0 Å². The van der Waals surface area contributed by atoms with E-state index >= 15 is 0 Å². The predicted molar refractivity (Wildman–Crippen MR) is 52.2 cm³/mol. The van der Waals surface area contributed by atoms with Crippen molar-refractivity contribution in [2.75, 3.05) is 6.54 Å². The average Bonchev–Trinajstić information content (AvgIpc) is 1.97. The van der Waals surface area contributed by atoms with Gasteiger partial charge in [-0.15, -0.1) is 0 Å². The molecule has 76 valence electrons. The van der Waals surface area contributed by atoms with Crippen LogP contribution in [0.25, 0.3) is 0 Å². The van der Waals surface area contributed by atoms with E-state index in [1.165, 1.54) is 25.5 Å². The molecule has 1 fully saturated rings. The molecule has 0 aromatic carbocycles. The molecule has 1 aliphatic rings. The van der Waals surface area contributed by atoms with E-state index in [-0.39, 0.29) is 0 Å². The standard InChI is InChI=1S/C9H19N3O/c1-7(13)9(5-10)12(11)6-8-3-2-4-8/h5,7-8,13H,2-4,6,10-11H2,1H3/b9-5-. The summed E-state index contributed by atoms with van der Waals surface area (Å²) >= 11 is 0. The zero-order chi connectivity index (χ0) is 9.84. The van der Waals surface area contributed by atoms with E-state index in [1.54, 1.807) is 11.9 Å². The average molecular weight is 185 g/mol. The molecule has 4 heteroatoms. The van der Waals surface area contributed by atoms with E-state index in [0.29, 0.717) is 11.6 Å². The summed E-state index contributed by atoms with van der Waals surface area (Å²) in [6, 6.07) is 0. The first-order chi connectivity index (χ1) is 6.15. The van der Waals surface area contributed by atoms with Crippen LogP contribution in [0.1, 0.15) is 26.2 Å². The first-order valence-electron chi connectivity index (χ1n) is 4.77. The smallest absolute Gasteiger partial charge is 0.0937 e. The van der Waals surface area contributed by atoms with E-state index in [2.05, 4.69) is 0 Å². The van der Waals surface area contributed by atoms with Gasteiger partial charge in [-0.25, -0.2) is 5.84 Å². The summed E-state index contributed by atoms with van der Waals surface area (Å²) in [6.07, 6.45) is 4.57. The molecular weight excluding hydrogens is 166 g/mol. The molecule has 1 atom stereocenters. The molecule has 5 N–H and O–H groups in total. The van der Waals surface area contributed by atoms with Crippen LogP contribution < -0.4 is 11.6 Å². The Morgan fingerprint density at radius 3 is 2.62 bits per heavy atom. The van der Waals surface area contributed by atoms with Crippen molar-refractivity contribution in [2.24, 2.45) is 17.5 Å². The highest BCUT2D eigenvalue weighted by atomic mass is 16.3. The van der Waals surface area contributed by atoms with E-state index < -0.39 is 6.10 Å². The van der Waals surface area contributed by atoms with Crippen LogP contribution in [-0.4, -0.2) is 22.8 Å². The van der Waals surface area contributed by atoms with Gasteiger partial charge in [0.2, 0.25) is 0 Å². The number of hydrazine groups is 1. The molecule has 0 bridgehead atoms. The number of nitrogens with two attached hydrogens (primary N) is 2. The number of nitrogens with zero attached hydrogens (tertiary/aromatic N) is 1. The Morgan fingerprint density at radius 1 is 1.69 bits per heavy atom. The van der Waals surface area contributed by atoms with Crippen molar-refractivity contribution in [1.29, 1.82) is 0 Å². The van der Waals surface area contributed by atoms with Gasteiger partial charge in [-0.3, -0.25) is 0 Å². The molecule has 1 rings (SSSR count). The van der Waals surface area contributed by atoms with Gasteiger partial charge in [0.1, 0.15) is 0 Å². The van der Waals surface area contributed by atoms with Crippen molar-refractivity contribution in [3.63, 3.8) is 0 Å². The van der Waals surface area contributed by atoms with Gasteiger partial charge in [0, 0.05) is 12.7 Å². The Kier molecular flexibility index (Phi) is 3.57. The maximum absolute atomic E-state index is 9.32. The van der Waals surface area contributed by atoms with E-state index in [0.717, 1.165) is 6.54 Å². The molecule has 0 heterocycles. The van der Waals surface area contributed by atoms with Crippen molar-refractivity contribution < 1.29 is 5.11 Å². The highest BCUT2D eigenvalue weighted by molar-refractivity contribution is 5.02. The lowest BCUT2D eigenvalue weighted by atomic mass is 9.85. The molecule has 4 nitrogen and oxygen atoms in total. The SMILES string of the molecule is CC(O)/C(=C/N)N(N)CC1CCC1. The van der Waals surface area contributed by atoms with Crippen LogP contribution in [0.2, 0.25) is 0 Å². The van der Waals surface area contributed by atoms with Gasteiger partial charge in [0.25, 0.3) is 0 Å². The molecule has 0 spiro atoms. The molecule has 0 amide bonds. The van der Waals surface area contributed by atoms with Crippen molar-refractivity contribution in [3.8, 4) is 0 Å². The number of aliphatic hydroxyl groups is 1. The lowest BCUT2D eigenvalue weighted by Crippen LogP contribution is -2.40. The molecule has 0 aromatic heterocycles. The van der Waals surface area contributed by atoms with Crippen LogP contribution in [0, 0.1) is 5.92 Å². The van der Waals surface area contributed by atoms with Gasteiger partial charge in [-0.05, 0) is 25.7 Å². The summed E-state index contributed by atoms with van der Waals surface area (Å²) in [5, 5.41) is 10.9. The third kappa shape index (κ3) is 2.60. The summed E-state index contributed by atoms with van der Waals surface area (Å²) in [7, 11) is 0. The van der Waals surface area contributed by atoms with Crippen LogP contribution in [0.5, 0.6) is 0 Å². The van der Waals surface area contributed by atoms with E-state index in [9.17, 15) is 5.11 Å². The Bertz CT molecular complexity index is 187. The summed E-state index contributed by atoms with van der Waals surface area (Å²) in [5.41, 5.74) is 5.97. The molecule has 0 saturated heterocycles. The third-order valence-electron chi connectivity index (χ3n) is 2.61. The minimum Gasteiger partial charge on any atom is -0.403 e. The molecule has 0 aromatic rings. The lowest BCUT2D eigenvalue weighted by molar-refractivity contribution is 0.148. The maximum Gasteiger partial charge on any atom is 0.0937 e. The second-order valence-corrected chi connectivity index (χ2v) is 3.72. The molecule has 1 unspecified atom stereocenters. The first kappa shape index (κ1) is 10.3. The fourth-order valence-electron chi connectivity index (χ4n) is 1.53. The Morgan fingerprint density at radius 2 is 2.31 bits per heavy atom. The van der Waals surface area contributed by atoms with Gasteiger partial charge in [0.05, 0.1) is 11.8 Å². The van der Waals surface area contributed by atoms with E-state index in [4.69, 9.17) is 11.6 Å². The number of rotatable bonds is 4. The summed E-state index contributed by atoms with van der Waals surface area (Å²) < 4.78 is 0. The molecule has 13 heavy (non-hydrogen) atoms. The fourth-order valence-corrected chi connectivity index (χ4v) is 1.53. The molecule has 0 radical (unpaired) electrons. The normalized spacial score (nSPS) is 21.0. The topological polar surface area (TPSA) is 75.5 Å². The zero-order valence-corrected chi connectivity index (χ0v) is 8.11. The van der Waals surface area contributed by atoms with Crippen molar-refractivity contribution in [3.05, 3.63) is 11.9 Å². The zero-order valence-electron chi connectivity index (χ0n) is 8.11. The second-order valence-electron chi connectivity index (χ2n) is 3.72. The molecule has 1 saturated carbocycles. The largest absolute Gasteiger partial charge is 0.403 e. The second kappa shape index (κ2) is 4.48. The van der Waals surface area contributed by atoms with Gasteiger partial charge in [0.15, 0.2) is 0 Å². The van der Waals surface area contributed by atoms with Crippen LogP contribution in [0.4, 0.5) is 0 Å². The van der Waals surface area contributed by atoms with Gasteiger partial charge in [-0.1, -0.05) is 6.42 Å². The maximum atomic E-state index is 9.32. The lowest BCUT2D eigenvalue weighted by Gasteiger charge is -2.32. The fraction of sp³-hybridized carbons (Fsp3) is 0.778. The monoisotopic (exact) mass is 185 g/mol. The number of aliphatic hydroxyl groups excluding tert-OH is 1. The van der Waals surface area contributed by atoms with Crippen LogP contribution in [0.15, 0.2) is 11.9 Å². The van der Waals surface area contributed by atoms with Gasteiger partial charge >= 0.3 is 0 Å². The van der Waals surface area contributed by atoms with Crippen LogP contribution >= 0.6 is 0 Å². The van der Waals surface area contributed by atoms with Crippen molar-refractivity contribution in [1.82, 2.24) is 5.01 Å². The first-order valence-corrected chi connectivity index (χ1v) is 4.77. The van der Waals surface area contributed by atoms with Gasteiger partial charge < -0.3 is 15.8 Å². The Labute approximate surface area is 79.2 Å². The van der Waals surface area contributed by atoms with Crippen molar-refractivity contribution in [2.45, 2.75) is 32.3 Å². The van der Waals surface area contributed by atoms with E-state index in [1.807, 2.05) is 0 Å². The Balaban J connectivity index is 2.39. The summed E-state index contributed by atoms with van der Waals surface area (Å²) in [4.78, 5) is 0. The summed E-state index contributed by atoms with van der Waals surface area (Å²) in [5.74, 6) is 6.44. The quantitative estimate of drug-likeness (QED) is 0.430. The van der Waals surface area contributed by atoms with Crippen molar-refractivity contribution >= 4 is 0 Å². The Hall–Kier alpha value is -0.740. The minimum atomic E-state index is -0.588. The highest BCUT2D eigenvalue weighted by Crippen LogP contribution is 2.27. The third-order valence-corrected chi connectivity index (χ3v) is 2.61. The van der Waals surface area contributed by atoms with Gasteiger partial charge in [-0.2, -0.15) is 0 Å². The molecule has 0 aliphatic heterocycles. The predicted octanol–water partition coefficient (Wildman–Crippen LogP) is 0.143. The summed E-state index contributed by atoms with van der Waals surface area (Å²) in [6.45, 7) is 2.47. The minimum absolute atomic E-state index is 0.588.